The molecule has 14 heteroatoms. The zero-order chi connectivity index (χ0) is 18.8. The molecule has 0 unspecified atom stereocenters. The zero-order valence-corrected chi connectivity index (χ0v) is 20.7. The van der Waals surface area contributed by atoms with Gasteiger partial charge in [0.25, 0.3) is 0 Å². The third-order valence-corrected chi connectivity index (χ3v) is 4.14. The second kappa shape index (κ2) is 20.4. The van der Waals surface area contributed by atoms with Gasteiger partial charge < -0.3 is 57.4 Å². The van der Waals surface area contributed by atoms with E-state index >= 15 is 0 Å². The normalized spacial score (nSPS) is 17.7. The maximum absolute atomic E-state index is 11.0. The minimum absolute atomic E-state index is 0. The van der Waals surface area contributed by atoms with Crippen LogP contribution in [0.15, 0.2) is 0 Å². The fourth-order valence-electron chi connectivity index (χ4n) is 2.69. The second-order valence-corrected chi connectivity index (χ2v) is 6.31. The molecule has 0 spiro atoms. The maximum atomic E-state index is 11.0. The number of rotatable bonds is 6. The summed E-state index contributed by atoms with van der Waals surface area (Å²) < 4.78 is 0. The molecule has 0 aromatic rings. The van der Waals surface area contributed by atoms with Crippen LogP contribution in [0.1, 0.15) is 0 Å². The maximum Gasteiger partial charge on any atom is 0.317 e. The molecule has 0 bridgehead atoms. The van der Waals surface area contributed by atoms with Crippen molar-refractivity contribution in [2.24, 2.45) is 0 Å². The van der Waals surface area contributed by atoms with E-state index in [-0.39, 0.29) is 96.8 Å². The first-order valence-electron chi connectivity index (χ1n) is 8.27. The van der Waals surface area contributed by atoms with Crippen molar-refractivity contribution in [1.82, 2.24) is 19.6 Å². The smallest absolute Gasteiger partial charge is 0.317 e. The van der Waals surface area contributed by atoms with Crippen molar-refractivity contribution in [2.75, 3.05) is 79.0 Å². The predicted octanol–water partition coefficient (Wildman–Crippen LogP) is -10.9. The van der Waals surface area contributed by atoms with Crippen LogP contribution in [-0.2, 0) is 14.4 Å². The number of hydrogen-bond donors (Lipinski definition) is 3. The minimum Gasteiger partial charge on any atom is -1.00 e. The van der Waals surface area contributed by atoms with Gasteiger partial charge in [0, 0.05) is 92.3 Å². The van der Waals surface area contributed by atoms with Gasteiger partial charge in [-0.25, -0.2) is 0 Å². The Hall–Kier alpha value is 0.445. The number of nitrogens with zero attached hydrogens (tertiary/aromatic N) is 4. The monoisotopic (exact) mass is 623 g/mol. The van der Waals surface area contributed by atoms with E-state index in [1.165, 1.54) is 0 Å². The first kappa shape index (κ1) is 36.8. The average molecular weight is 624 g/mol. The van der Waals surface area contributed by atoms with Crippen LogP contribution in [0.25, 0.3) is 0 Å². The Labute approximate surface area is 221 Å². The molecule has 10 nitrogen and oxygen atoms in total. The van der Waals surface area contributed by atoms with E-state index in [4.69, 9.17) is 15.3 Å². The van der Waals surface area contributed by atoms with Crippen molar-refractivity contribution in [3.63, 3.8) is 0 Å². The molecule has 1 rings (SSSR count). The van der Waals surface area contributed by atoms with Crippen LogP contribution < -0.4 is 37.2 Å². The van der Waals surface area contributed by atoms with Gasteiger partial charge in [-0.3, -0.25) is 29.1 Å². The molecule has 0 atom stereocenters. The van der Waals surface area contributed by atoms with Crippen LogP contribution in [0.3, 0.4) is 0 Å². The van der Waals surface area contributed by atoms with Crippen LogP contribution >= 0.6 is 0 Å². The summed E-state index contributed by atoms with van der Waals surface area (Å²) in [5.74, 6) is -2.78. The standard InChI is InChI=1S/C15H28N4O6.3ClH.Gd/c1-16-2-4-17(10-13(20)21)6-8-19(12-15(24)25)9-7-18(5-3-16)11-14(22)23;;;;/h2-12H2,1H3,(H,20,21)(H,22,23)(H,24,25);3*1H;/p-3. The second-order valence-electron chi connectivity index (χ2n) is 6.31. The van der Waals surface area contributed by atoms with Gasteiger partial charge in [0.2, 0.25) is 0 Å². The summed E-state index contributed by atoms with van der Waals surface area (Å²) in [5, 5.41) is 27.1. The quantitative estimate of drug-likeness (QED) is 0.263. The molecule has 0 aliphatic carbocycles. The molecule has 0 aromatic carbocycles. The van der Waals surface area contributed by atoms with Gasteiger partial charge in [0.1, 0.15) is 0 Å². The topological polar surface area (TPSA) is 125 Å². The van der Waals surface area contributed by atoms with Gasteiger partial charge in [-0.1, -0.05) is 0 Å². The van der Waals surface area contributed by atoms with Crippen molar-refractivity contribution < 1.29 is 107 Å². The molecule has 0 saturated carbocycles. The van der Waals surface area contributed by atoms with Gasteiger partial charge in [-0.05, 0) is 7.05 Å². The van der Waals surface area contributed by atoms with Crippen molar-refractivity contribution in [2.45, 2.75) is 0 Å². The summed E-state index contributed by atoms with van der Waals surface area (Å²) in [4.78, 5) is 40.4. The molecule has 0 radical (unpaired) electrons. The van der Waals surface area contributed by atoms with E-state index in [0.29, 0.717) is 52.4 Å². The summed E-state index contributed by atoms with van der Waals surface area (Å²) in [7, 11) is 1.92. The van der Waals surface area contributed by atoms with Crippen LogP contribution in [0.4, 0.5) is 0 Å². The Kier molecular flexibility index (Phi) is 25.8. The van der Waals surface area contributed by atoms with Crippen molar-refractivity contribution >= 4 is 17.9 Å². The van der Waals surface area contributed by atoms with E-state index in [0.717, 1.165) is 0 Å². The molecule has 1 aliphatic heterocycles. The van der Waals surface area contributed by atoms with Gasteiger partial charge in [-0.2, -0.15) is 0 Å². The molecule has 3 N–H and O–H groups in total. The Balaban J connectivity index is -0.000000781. The summed E-state index contributed by atoms with van der Waals surface area (Å²) in [5.41, 5.74) is 0. The number of carbonyl (C=O) groups is 3. The third-order valence-electron chi connectivity index (χ3n) is 4.14. The van der Waals surface area contributed by atoms with Gasteiger partial charge in [0.05, 0.1) is 19.6 Å². The van der Waals surface area contributed by atoms with Gasteiger partial charge >= 0.3 is 17.9 Å². The summed E-state index contributed by atoms with van der Waals surface area (Å²) >= 11 is 0. The Morgan fingerprint density at radius 1 is 0.586 bits per heavy atom. The molecular formula is C15H28Cl3GdN4O6-3. The molecule has 0 aromatic heterocycles. The third kappa shape index (κ3) is 18.9. The van der Waals surface area contributed by atoms with E-state index < -0.39 is 17.9 Å². The summed E-state index contributed by atoms with van der Waals surface area (Å²) in [6, 6.07) is 0. The molecule has 1 aliphatic rings. The number of likely N-dealkylation sites (N-methyl/N-ethyl adjacent to an activating group) is 1. The van der Waals surface area contributed by atoms with Crippen LogP contribution in [0.5, 0.6) is 0 Å². The van der Waals surface area contributed by atoms with E-state index in [2.05, 4.69) is 0 Å². The van der Waals surface area contributed by atoms with Crippen molar-refractivity contribution in [1.29, 1.82) is 0 Å². The van der Waals surface area contributed by atoms with Crippen molar-refractivity contribution in [3.05, 3.63) is 0 Å². The molecule has 1 saturated heterocycles. The van der Waals surface area contributed by atoms with E-state index in [9.17, 15) is 14.4 Å². The summed E-state index contributed by atoms with van der Waals surface area (Å²) in [6.07, 6.45) is 0. The number of hydrogen-bond acceptors (Lipinski definition) is 7. The summed E-state index contributed by atoms with van der Waals surface area (Å²) in [6.45, 7) is 3.86. The van der Waals surface area contributed by atoms with E-state index in [1.807, 2.05) is 11.9 Å². The van der Waals surface area contributed by atoms with Crippen molar-refractivity contribution in [3.8, 4) is 0 Å². The number of carboxylic acids is 3. The molecule has 0 amide bonds. The number of halogens is 3. The Morgan fingerprint density at radius 3 is 1.00 bits per heavy atom. The van der Waals surface area contributed by atoms with Gasteiger partial charge in [-0.15, -0.1) is 0 Å². The minimum atomic E-state index is -0.957. The van der Waals surface area contributed by atoms with Gasteiger partial charge in [0.15, 0.2) is 0 Å². The average Bonchev–Trinajstić information content (AvgIpc) is 2.49. The largest absolute Gasteiger partial charge is 1.00 e. The van der Waals surface area contributed by atoms with E-state index in [1.54, 1.807) is 14.7 Å². The molecular weight excluding hydrogens is 596 g/mol. The first-order valence-corrected chi connectivity index (χ1v) is 8.27. The van der Waals surface area contributed by atoms with Crippen LogP contribution in [0.2, 0.25) is 0 Å². The number of aliphatic carboxylic acids is 3. The predicted molar refractivity (Wildman–Crippen MR) is 89.7 cm³/mol. The fourth-order valence-corrected chi connectivity index (χ4v) is 2.69. The molecule has 1 fully saturated rings. The molecule has 1 heterocycles. The van der Waals surface area contributed by atoms with Crippen LogP contribution in [0, 0.1) is 39.9 Å². The zero-order valence-electron chi connectivity index (χ0n) is 16.1. The first-order chi connectivity index (χ1) is 11.8. The van der Waals surface area contributed by atoms with Crippen LogP contribution in [-0.4, -0.2) is 132 Å². The fraction of sp³-hybridized carbons (Fsp3) is 0.800. The molecule has 29 heavy (non-hydrogen) atoms. The Morgan fingerprint density at radius 2 is 0.793 bits per heavy atom. The Bertz CT molecular complexity index is 449. The number of carboxylic acid groups (broad SMARTS) is 3. The SMILES string of the molecule is CN1CCN(CC(=O)O)CCN(CC(=O)O)CCN(CC(=O)O)CC1.[Cl-].[Cl-].[Cl-].[Gd]. The molecule has 176 valence electrons.